The van der Waals surface area contributed by atoms with Gasteiger partial charge in [0.05, 0.1) is 34.3 Å². The second kappa shape index (κ2) is 32.4. The minimum atomic E-state index is 0.114. The van der Waals surface area contributed by atoms with Crippen LogP contribution < -0.4 is 37.6 Å². The van der Waals surface area contributed by atoms with Crippen LogP contribution in [0.2, 0.25) is 5.28 Å². The van der Waals surface area contributed by atoms with Gasteiger partial charge in [0.1, 0.15) is 0 Å². The fraction of sp³-hybridized carbons (Fsp3) is 0.376. The highest BCUT2D eigenvalue weighted by Crippen LogP contribution is 2.40. The molecule has 0 unspecified atom stereocenters. The Labute approximate surface area is 641 Å². The molecule has 0 saturated heterocycles. The first-order valence-electron chi connectivity index (χ1n) is 38.7. The van der Waals surface area contributed by atoms with Crippen LogP contribution in [-0.4, -0.2) is 100 Å². The number of nitrogen functional groups attached to an aromatic ring is 1. The third kappa shape index (κ3) is 16.4. The molecule has 9 heterocycles. The second-order valence-corrected chi connectivity index (χ2v) is 30.5. The van der Waals surface area contributed by atoms with Gasteiger partial charge in [-0.25, -0.2) is 29.0 Å². The van der Waals surface area contributed by atoms with Crippen LogP contribution >= 0.6 is 11.6 Å². The summed E-state index contributed by atoms with van der Waals surface area (Å²) in [7, 11) is 0. The van der Waals surface area contributed by atoms with Crippen molar-refractivity contribution in [3.05, 3.63) is 200 Å². The molecule has 3 aliphatic heterocycles. The van der Waals surface area contributed by atoms with Crippen molar-refractivity contribution in [3.63, 3.8) is 0 Å². The summed E-state index contributed by atoms with van der Waals surface area (Å²) in [6.45, 7) is 20.8. The molecule has 12 aromatic rings. The standard InChI is InChI=1S/C29H33N7O.C27H31N7.C18H20ClN5.C11H14N2O/c1-18-7-6-8-19(2)26(18)32-27-25-16-30-29(33-28(25)36(34-27)24-9-4-5-10-24)31-23-12-11-21-13-14-35(20(3)37)17-22(21)15-23;1-17-6-5-7-18(2)24(17)31-25-23-16-29-27(32-26(23)34(33-25)22-8-3-4-9-22)30-21-11-10-19-12-13-28-15-20(19)14-21;1-11-6-5-7-12(2)15(11)21-16-14-10-20-18(19)22-17(14)24(23-16)13-8-3-4-9-13;1-8(14)13-5-4-9-2-3-11(12)6-10(9)7-13/h6-8,11-12,15-16,24H,4-5,9-10,13-14,17H2,1-3H3,(H,32,34)(H,30,31,33);5-7,10-11,14,16,22,28H,3-4,8-9,12-13,15H2,1-2H3,(H,31,33)(H,29,30,32);5-7,10,13H,3-4,8-9H2,1-2H3,(H,21,23);2-3,6H,4-5,7,12H2,1H3. The van der Waals surface area contributed by atoms with E-state index in [0.29, 0.717) is 43.1 Å². The van der Waals surface area contributed by atoms with Gasteiger partial charge in [0.25, 0.3) is 0 Å². The number of rotatable bonds is 13. The summed E-state index contributed by atoms with van der Waals surface area (Å²) in [4.78, 5) is 54.6. The van der Waals surface area contributed by atoms with Gasteiger partial charge >= 0.3 is 0 Å². The molecule has 3 aliphatic carbocycles. The minimum Gasteiger partial charge on any atom is -0.399 e. The molecular weight excluding hydrogens is 1380 g/mol. The summed E-state index contributed by atoms with van der Waals surface area (Å²) in [5.74, 6) is 3.82. The summed E-state index contributed by atoms with van der Waals surface area (Å²) in [5, 5.41) is 38.9. The average Bonchev–Trinajstić information content (AvgIpc) is 1.64. The number of nitrogens with two attached hydrogens (primary N) is 1. The minimum absolute atomic E-state index is 0.114. The van der Waals surface area contributed by atoms with E-state index in [4.69, 9.17) is 42.6 Å². The summed E-state index contributed by atoms with van der Waals surface area (Å²) in [6, 6.07) is 38.8. The Balaban J connectivity index is 0.000000121. The number of fused-ring (bicyclic) bond motifs is 6. The van der Waals surface area contributed by atoms with Crippen molar-refractivity contribution in [2.75, 3.05) is 52.0 Å². The second-order valence-electron chi connectivity index (χ2n) is 30.2. The van der Waals surface area contributed by atoms with Gasteiger partial charge in [0.15, 0.2) is 34.4 Å². The van der Waals surface area contributed by atoms with Crippen LogP contribution in [0.25, 0.3) is 33.1 Å². The molecule has 3 fully saturated rings. The molecular formula is C85H98ClN21O2. The molecule has 0 bridgehead atoms. The first kappa shape index (κ1) is 73.5. The lowest BCUT2D eigenvalue weighted by Crippen LogP contribution is -2.34. The van der Waals surface area contributed by atoms with Crippen molar-refractivity contribution >= 4 is 120 Å². The molecule has 18 rings (SSSR count). The van der Waals surface area contributed by atoms with Gasteiger partial charge < -0.3 is 47.4 Å². The lowest BCUT2D eigenvalue weighted by molar-refractivity contribution is -0.130. The topological polar surface area (TPSA) is 270 Å². The normalized spacial score (nSPS) is 15.6. The van der Waals surface area contributed by atoms with Gasteiger partial charge in [0.2, 0.25) is 29.0 Å². The quantitative estimate of drug-likeness (QED) is 0.0418. The van der Waals surface area contributed by atoms with Crippen LogP contribution in [0.4, 0.5) is 63.5 Å². The van der Waals surface area contributed by atoms with Crippen LogP contribution in [0.15, 0.2) is 128 Å². The van der Waals surface area contributed by atoms with E-state index in [2.05, 4.69) is 200 Å². The monoisotopic (exact) mass is 1480 g/mol. The SMILES string of the molecule is CC(=O)N1CCc2ccc(N)cc2C1.CC(=O)N1CCc2ccc(Nc3ncc4c(Nc5c(C)cccc5C)nn(C5CCCC5)c4n3)cc2C1.Cc1cccc(C)c1Nc1nn(C2CCCC2)c2nc(Cl)ncc12.Cc1cccc(C)c1Nc1nn(C2CCCC2)c2nc(Nc3ccc4c(c3)CNCC4)ncc12. The number of nitrogens with zero attached hydrogens (tertiary/aromatic N) is 14. The van der Waals surface area contributed by atoms with Crippen LogP contribution in [0.5, 0.6) is 0 Å². The van der Waals surface area contributed by atoms with Gasteiger partial charge in [-0.2, -0.15) is 30.2 Å². The van der Waals surface area contributed by atoms with Gasteiger partial charge in [0, 0.05) is 99.3 Å². The third-order valence-corrected chi connectivity index (χ3v) is 22.6. The van der Waals surface area contributed by atoms with E-state index < -0.39 is 0 Å². The summed E-state index contributed by atoms with van der Waals surface area (Å²) < 4.78 is 6.26. The molecule has 0 spiro atoms. The van der Waals surface area contributed by atoms with Crippen molar-refractivity contribution < 1.29 is 9.59 Å². The Kier molecular flexibility index (Phi) is 21.8. The molecule has 109 heavy (non-hydrogen) atoms. The molecule has 0 radical (unpaired) electrons. The Bertz CT molecular complexity index is 5290. The summed E-state index contributed by atoms with van der Waals surface area (Å²) >= 11 is 6.03. The van der Waals surface area contributed by atoms with Crippen molar-refractivity contribution in [2.24, 2.45) is 0 Å². The number of aromatic nitrogens is 12. The van der Waals surface area contributed by atoms with Crippen molar-refractivity contribution in [1.82, 2.24) is 74.4 Å². The maximum absolute atomic E-state index is 11.9. The van der Waals surface area contributed by atoms with Gasteiger partial charge in [-0.1, -0.05) is 111 Å². The molecule has 6 aliphatic rings. The Morgan fingerprint density at radius 3 is 1.22 bits per heavy atom. The Hall–Kier alpha value is -11.0. The Morgan fingerprint density at radius 1 is 0.440 bits per heavy atom. The maximum Gasteiger partial charge on any atom is 0.229 e. The fourth-order valence-electron chi connectivity index (χ4n) is 16.3. The molecule has 6 aromatic carbocycles. The van der Waals surface area contributed by atoms with Crippen molar-refractivity contribution in [3.8, 4) is 0 Å². The highest BCUT2D eigenvalue weighted by molar-refractivity contribution is 6.28. The molecule has 0 atom stereocenters. The van der Waals surface area contributed by atoms with Crippen LogP contribution in [0, 0.1) is 41.5 Å². The van der Waals surface area contributed by atoms with Gasteiger partial charge in [-0.05, 0) is 221 Å². The van der Waals surface area contributed by atoms with Crippen LogP contribution in [-0.2, 0) is 48.5 Å². The average molecular weight is 1480 g/mol. The Morgan fingerprint density at radius 2 is 0.807 bits per heavy atom. The molecule has 3 saturated carbocycles. The van der Waals surface area contributed by atoms with E-state index >= 15 is 0 Å². The smallest absolute Gasteiger partial charge is 0.229 e. The zero-order chi connectivity index (χ0) is 75.4. The van der Waals surface area contributed by atoms with Gasteiger partial charge in [-0.3, -0.25) is 9.59 Å². The van der Waals surface area contributed by atoms with E-state index in [1.807, 2.05) is 39.0 Å². The first-order chi connectivity index (χ1) is 52.9. The third-order valence-electron chi connectivity index (χ3n) is 22.5. The van der Waals surface area contributed by atoms with E-state index in [9.17, 15) is 9.59 Å². The number of benzene rings is 6. The number of carbonyl (C=O) groups excluding carboxylic acids is 2. The largest absolute Gasteiger partial charge is 0.399 e. The molecule has 8 N–H and O–H groups in total. The number of para-hydroxylation sites is 3. The number of anilines is 11. The first-order valence-corrected chi connectivity index (χ1v) is 39.1. The number of hydrogen-bond donors (Lipinski definition) is 7. The summed E-state index contributed by atoms with van der Waals surface area (Å²) in [5.41, 5.74) is 29.1. The number of hydrogen-bond acceptors (Lipinski definition) is 18. The molecule has 23 nitrogen and oxygen atoms in total. The molecule has 6 aromatic heterocycles. The molecule has 562 valence electrons. The predicted octanol–water partition coefficient (Wildman–Crippen LogP) is 17.8. The van der Waals surface area contributed by atoms with E-state index in [-0.39, 0.29) is 17.1 Å². The lowest BCUT2D eigenvalue weighted by atomic mass is 9.99. The van der Waals surface area contributed by atoms with Crippen molar-refractivity contribution in [2.45, 2.75) is 189 Å². The highest BCUT2D eigenvalue weighted by Gasteiger charge is 2.29. The van der Waals surface area contributed by atoms with E-state index in [0.717, 1.165) is 169 Å². The maximum atomic E-state index is 11.9. The van der Waals surface area contributed by atoms with Crippen LogP contribution in [0.1, 0.15) is 176 Å². The number of nitrogens with one attached hydrogen (secondary N) is 6. The van der Waals surface area contributed by atoms with Crippen molar-refractivity contribution in [1.29, 1.82) is 0 Å². The fourth-order valence-corrected chi connectivity index (χ4v) is 16.4. The zero-order valence-corrected chi connectivity index (χ0v) is 64.5. The summed E-state index contributed by atoms with van der Waals surface area (Å²) in [6.07, 6.45) is 22.6. The molecule has 2 amide bonds. The number of amides is 2. The molecule has 24 heteroatoms. The van der Waals surface area contributed by atoms with Crippen LogP contribution in [0.3, 0.4) is 0 Å². The van der Waals surface area contributed by atoms with E-state index in [1.165, 1.54) is 105 Å². The van der Waals surface area contributed by atoms with E-state index in [1.54, 1.807) is 20.0 Å². The number of aryl methyl sites for hydroxylation is 6. The number of halogens is 1. The van der Waals surface area contributed by atoms with Gasteiger partial charge in [-0.15, -0.1) is 0 Å². The zero-order valence-electron chi connectivity index (χ0n) is 63.7. The highest BCUT2D eigenvalue weighted by atomic mass is 35.5. The number of carbonyl (C=O) groups is 2. The lowest BCUT2D eigenvalue weighted by Gasteiger charge is -2.28. The predicted molar refractivity (Wildman–Crippen MR) is 436 cm³/mol.